The summed E-state index contributed by atoms with van der Waals surface area (Å²) in [6.45, 7) is 0.128. The van der Waals surface area contributed by atoms with Crippen molar-refractivity contribution >= 4 is 21.6 Å². The number of fused-ring (bicyclic) bond motifs is 1. The maximum absolute atomic E-state index is 14.1. The summed E-state index contributed by atoms with van der Waals surface area (Å²) in [6, 6.07) is 6.66. The average molecular weight is 290 g/mol. The summed E-state index contributed by atoms with van der Waals surface area (Å²) in [5, 5.41) is 1.82. The van der Waals surface area contributed by atoms with Gasteiger partial charge in [-0.25, -0.2) is 9.37 Å². The van der Waals surface area contributed by atoms with Gasteiger partial charge in [-0.1, -0.05) is 12.1 Å². The highest BCUT2D eigenvalue weighted by molar-refractivity contribution is 7.17. The molecule has 20 heavy (non-hydrogen) atoms. The van der Waals surface area contributed by atoms with Crippen LogP contribution in [0.1, 0.15) is 5.56 Å². The van der Waals surface area contributed by atoms with Gasteiger partial charge in [0.1, 0.15) is 4.70 Å². The van der Waals surface area contributed by atoms with Crippen LogP contribution in [0.15, 0.2) is 40.8 Å². The molecule has 102 valence electrons. The van der Waals surface area contributed by atoms with E-state index >= 15 is 0 Å². The molecule has 3 rings (SSSR count). The normalized spacial score (nSPS) is 10.9. The lowest BCUT2D eigenvalue weighted by molar-refractivity contribution is 0.383. The Morgan fingerprint density at radius 1 is 1.40 bits per heavy atom. The molecule has 0 saturated heterocycles. The van der Waals surface area contributed by atoms with Gasteiger partial charge in [0.15, 0.2) is 11.6 Å². The molecule has 0 bridgehead atoms. The fraction of sp³-hybridized carbons (Fsp3) is 0.143. The van der Waals surface area contributed by atoms with Crippen molar-refractivity contribution in [2.24, 2.45) is 0 Å². The van der Waals surface area contributed by atoms with Gasteiger partial charge in [-0.2, -0.15) is 0 Å². The number of halogens is 1. The first-order chi connectivity index (χ1) is 9.70. The number of rotatable bonds is 3. The highest BCUT2D eigenvalue weighted by Crippen LogP contribution is 2.20. The minimum absolute atomic E-state index is 0.128. The molecule has 4 nitrogen and oxygen atoms in total. The predicted octanol–water partition coefficient (Wildman–Crippen LogP) is 2.65. The Labute approximate surface area is 118 Å². The summed E-state index contributed by atoms with van der Waals surface area (Å²) < 4.78 is 21.0. The van der Waals surface area contributed by atoms with Crippen molar-refractivity contribution in [3.63, 3.8) is 0 Å². The van der Waals surface area contributed by atoms with Crippen LogP contribution < -0.4 is 10.3 Å². The first-order valence-electron chi connectivity index (χ1n) is 5.94. The van der Waals surface area contributed by atoms with Gasteiger partial charge >= 0.3 is 0 Å². The van der Waals surface area contributed by atoms with Gasteiger partial charge in [0.05, 0.1) is 25.5 Å². The summed E-state index contributed by atoms with van der Waals surface area (Å²) in [7, 11) is 1.41. The van der Waals surface area contributed by atoms with Crippen molar-refractivity contribution in [1.29, 1.82) is 0 Å². The fourth-order valence-electron chi connectivity index (χ4n) is 2.01. The first-order valence-corrected chi connectivity index (χ1v) is 6.82. The molecular formula is C14H11FN2O2S. The molecule has 0 unspecified atom stereocenters. The third-order valence-corrected chi connectivity index (χ3v) is 3.93. The molecule has 0 N–H and O–H groups in total. The van der Waals surface area contributed by atoms with E-state index in [1.54, 1.807) is 24.3 Å². The Bertz CT molecular complexity index is 825. The third-order valence-electron chi connectivity index (χ3n) is 3.04. The van der Waals surface area contributed by atoms with Crippen LogP contribution in [-0.2, 0) is 6.54 Å². The Balaban J connectivity index is 2.05. The van der Waals surface area contributed by atoms with E-state index in [1.807, 2.05) is 5.38 Å². The largest absolute Gasteiger partial charge is 0.494 e. The molecule has 0 amide bonds. The topological polar surface area (TPSA) is 44.1 Å². The number of nitrogens with zero attached hydrogens (tertiary/aromatic N) is 2. The summed E-state index contributed by atoms with van der Waals surface area (Å²) in [6.07, 6.45) is 1.44. The minimum Gasteiger partial charge on any atom is -0.494 e. The van der Waals surface area contributed by atoms with E-state index in [9.17, 15) is 9.18 Å². The van der Waals surface area contributed by atoms with Crippen LogP contribution in [0.2, 0.25) is 0 Å². The molecule has 2 aromatic heterocycles. The van der Waals surface area contributed by atoms with E-state index in [1.165, 1.54) is 29.3 Å². The average Bonchev–Trinajstić information content (AvgIpc) is 2.93. The number of methoxy groups -OCH3 is 1. The smallest absolute Gasteiger partial charge is 0.271 e. The molecule has 3 aromatic rings. The van der Waals surface area contributed by atoms with Crippen molar-refractivity contribution < 1.29 is 9.13 Å². The van der Waals surface area contributed by atoms with Gasteiger partial charge in [0, 0.05) is 5.56 Å². The van der Waals surface area contributed by atoms with Crippen molar-refractivity contribution in [2.75, 3.05) is 7.11 Å². The van der Waals surface area contributed by atoms with Crippen LogP contribution >= 0.6 is 11.3 Å². The van der Waals surface area contributed by atoms with Crippen molar-refractivity contribution in [1.82, 2.24) is 9.55 Å². The number of hydrogen-bond acceptors (Lipinski definition) is 4. The third kappa shape index (κ3) is 2.08. The SMILES string of the molecule is COc1cccc(Cn2cnc3ccsc3c2=O)c1F. The quantitative estimate of drug-likeness (QED) is 0.745. The van der Waals surface area contributed by atoms with E-state index in [2.05, 4.69) is 4.98 Å². The molecule has 0 aliphatic carbocycles. The Morgan fingerprint density at radius 3 is 3.05 bits per heavy atom. The number of ether oxygens (including phenoxy) is 1. The molecule has 2 heterocycles. The van der Waals surface area contributed by atoms with E-state index in [-0.39, 0.29) is 17.9 Å². The molecule has 0 aliphatic rings. The second kappa shape index (κ2) is 5.05. The van der Waals surface area contributed by atoms with Gasteiger partial charge in [-0.3, -0.25) is 9.36 Å². The molecule has 0 saturated carbocycles. The summed E-state index contributed by atoms with van der Waals surface area (Å²) in [5.74, 6) is -0.283. The molecule has 0 fully saturated rings. The van der Waals surface area contributed by atoms with Gasteiger partial charge in [0.2, 0.25) is 0 Å². The zero-order chi connectivity index (χ0) is 14.1. The Morgan fingerprint density at radius 2 is 2.25 bits per heavy atom. The van der Waals surface area contributed by atoms with E-state index in [0.29, 0.717) is 15.8 Å². The van der Waals surface area contributed by atoms with Gasteiger partial charge < -0.3 is 4.74 Å². The van der Waals surface area contributed by atoms with Crippen LogP contribution in [0, 0.1) is 5.82 Å². The summed E-state index contributed by atoms with van der Waals surface area (Å²) in [5.41, 5.74) is 0.902. The molecule has 1 aromatic carbocycles. The zero-order valence-electron chi connectivity index (χ0n) is 10.7. The lowest BCUT2D eigenvalue weighted by atomic mass is 10.2. The molecule has 6 heteroatoms. The number of benzene rings is 1. The maximum atomic E-state index is 14.1. The van der Waals surface area contributed by atoms with Crippen LogP contribution in [0.4, 0.5) is 4.39 Å². The molecule has 0 spiro atoms. The number of thiophene rings is 1. The molecule has 0 aliphatic heterocycles. The second-order valence-corrected chi connectivity index (χ2v) is 5.16. The second-order valence-electron chi connectivity index (χ2n) is 4.25. The van der Waals surface area contributed by atoms with Crippen molar-refractivity contribution in [3.8, 4) is 5.75 Å². The monoisotopic (exact) mass is 290 g/mol. The Hall–Kier alpha value is -2.21. The first kappa shape index (κ1) is 12.8. The van der Waals surface area contributed by atoms with Gasteiger partial charge in [-0.15, -0.1) is 11.3 Å². The fourth-order valence-corrected chi connectivity index (χ4v) is 2.80. The van der Waals surface area contributed by atoms with Crippen molar-refractivity contribution in [3.05, 3.63) is 57.7 Å². The number of hydrogen-bond donors (Lipinski definition) is 0. The van der Waals surface area contributed by atoms with Gasteiger partial charge in [-0.05, 0) is 17.5 Å². The van der Waals surface area contributed by atoms with E-state index < -0.39 is 5.82 Å². The molecule has 0 atom stereocenters. The molecular weight excluding hydrogens is 279 g/mol. The van der Waals surface area contributed by atoms with Crippen LogP contribution in [-0.4, -0.2) is 16.7 Å². The lowest BCUT2D eigenvalue weighted by Gasteiger charge is -2.09. The predicted molar refractivity (Wildman–Crippen MR) is 75.9 cm³/mol. The highest BCUT2D eigenvalue weighted by atomic mass is 32.1. The minimum atomic E-state index is -0.451. The van der Waals surface area contributed by atoms with E-state index in [0.717, 1.165) is 0 Å². The van der Waals surface area contributed by atoms with Crippen LogP contribution in [0.25, 0.3) is 10.2 Å². The number of aromatic nitrogens is 2. The standard InChI is InChI=1S/C14H11FN2O2S/c1-19-11-4-2-3-9(12(11)15)7-17-8-16-10-5-6-20-13(10)14(17)18/h2-6,8H,7H2,1H3. The molecule has 0 radical (unpaired) electrons. The van der Waals surface area contributed by atoms with E-state index in [4.69, 9.17) is 4.74 Å². The zero-order valence-corrected chi connectivity index (χ0v) is 11.5. The Kier molecular flexibility index (Phi) is 3.23. The lowest BCUT2D eigenvalue weighted by Crippen LogP contribution is -2.20. The van der Waals surface area contributed by atoms with Crippen LogP contribution in [0.3, 0.4) is 0 Å². The highest BCUT2D eigenvalue weighted by Gasteiger charge is 2.11. The van der Waals surface area contributed by atoms with Crippen molar-refractivity contribution in [2.45, 2.75) is 6.54 Å². The summed E-state index contributed by atoms with van der Waals surface area (Å²) in [4.78, 5) is 16.4. The van der Waals surface area contributed by atoms with Crippen LogP contribution in [0.5, 0.6) is 5.75 Å². The summed E-state index contributed by atoms with van der Waals surface area (Å²) >= 11 is 1.34. The van der Waals surface area contributed by atoms with Gasteiger partial charge in [0.25, 0.3) is 5.56 Å². The maximum Gasteiger partial charge on any atom is 0.271 e.